The lowest BCUT2D eigenvalue weighted by Gasteiger charge is -2.22. The van der Waals surface area contributed by atoms with Gasteiger partial charge in [-0.25, -0.2) is 4.98 Å². The van der Waals surface area contributed by atoms with Crippen molar-refractivity contribution in [3.8, 4) is 0 Å². The minimum Gasteiger partial charge on any atom is -0.312 e. The number of aryl methyl sites for hydroxylation is 1. The van der Waals surface area contributed by atoms with Crippen LogP contribution >= 0.6 is 36.6 Å². The van der Waals surface area contributed by atoms with Crippen LogP contribution < -0.4 is 10.6 Å². The summed E-state index contributed by atoms with van der Waals surface area (Å²) in [6.07, 6.45) is 2.27. The van der Waals surface area contributed by atoms with Gasteiger partial charge in [0.1, 0.15) is 5.82 Å². The van der Waals surface area contributed by atoms with E-state index in [9.17, 15) is 4.79 Å². The molecule has 0 radical (unpaired) electrons. The normalized spacial score (nSPS) is 17.8. The summed E-state index contributed by atoms with van der Waals surface area (Å²) in [6.45, 7) is 2.97. The molecular formula is C12H19Cl2N3OS. The smallest absolute Gasteiger partial charge is 0.227 e. The highest BCUT2D eigenvalue weighted by Gasteiger charge is 2.16. The van der Waals surface area contributed by atoms with E-state index in [1.54, 1.807) is 6.20 Å². The molecule has 1 amide bonds. The van der Waals surface area contributed by atoms with Crippen LogP contribution in [-0.4, -0.2) is 35.0 Å². The molecule has 0 aromatic carbocycles. The number of carbonyl (C=O) groups excluding carboxylic acids is 1. The van der Waals surface area contributed by atoms with Gasteiger partial charge in [-0.3, -0.25) is 4.79 Å². The molecule has 1 aliphatic rings. The van der Waals surface area contributed by atoms with Crippen molar-refractivity contribution in [2.75, 3.05) is 23.4 Å². The van der Waals surface area contributed by atoms with Crippen molar-refractivity contribution in [2.24, 2.45) is 0 Å². The topological polar surface area (TPSA) is 54.0 Å². The van der Waals surface area contributed by atoms with E-state index >= 15 is 0 Å². The quantitative estimate of drug-likeness (QED) is 0.896. The van der Waals surface area contributed by atoms with Crippen LogP contribution in [0, 0.1) is 6.92 Å². The molecule has 2 heterocycles. The number of pyridine rings is 1. The van der Waals surface area contributed by atoms with Crippen molar-refractivity contribution >= 4 is 48.3 Å². The first-order valence-electron chi connectivity index (χ1n) is 5.77. The van der Waals surface area contributed by atoms with Crippen LogP contribution in [0.2, 0.25) is 0 Å². The lowest BCUT2D eigenvalue weighted by atomic mass is 10.2. The van der Waals surface area contributed by atoms with E-state index < -0.39 is 0 Å². The summed E-state index contributed by atoms with van der Waals surface area (Å²) in [7, 11) is 0. The second-order valence-corrected chi connectivity index (χ2v) is 5.35. The minimum absolute atomic E-state index is 0. The van der Waals surface area contributed by atoms with Crippen molar-refractivity contribution < 1.29 is 4.79 Å². The number of anilines is 1. The van der Waals surface area contributed by atoms with Crippen molar-refractivity contribution in [3.63, 3.8) is 0 Å². The molecule has 0 aliphatic carbocycles. The molecule has 2 N–H and O–H groups in total. The first kappa shape index (κ1) is 18.5. The Balaban J connectivity index is 0.00000162. The van der Waals surface area contributed by atoms with E-state index in [1.165, 1.54) is 0 Å². The number of thioether (sulfide) groups is 1. The SMILES string of the molecule is Cc1ccc(NC(=O)CC2CSCCN2)nc1.Cl.Cl. The van der Waals surface area contributed by atoms with Crippen molar-refractivity contribution in [1.82, 2.24) is 10.3 Å². The van der Waals surface area contributed by atoms with Crippen LogP contribution in [0.5, 0.6) is 0 Å². The third-order valence-electron chi connectivity index (χ3n) is 2.61. The Morgan fingerprint density at radius 1 is 1.53 bits per heavy atom. The molecule has 0 saturated carbocycles. The van der Waals surface area contributed by atoms with Crippen LogP contribution in [0.25, 0.3) is 0 Å². The number of halogens is 2. The highest BCUT2D eigenvalue weighted by molar-refractivity contribution is 7.99. The maximum atomic E-state index is 11.8. The summed E-state index contributed by atoms with van der Waals surface area (Å²) in [5.74, 6) is 2.80. The second kappa shape index (κ2) is 9.42. The van der Waals surface area contributed by atoms with E-state index in [1.807, 2.05) is 30.8 Å². The highest BCUT2D eigenvalue weighted by Crippen LogP contribution is 2.11. The molecule has 1 unspecified atom stereocenters. The zero-order valence-electron chi connectivity index (χ0n) is 10.7. The molecule has 19 heavy (non-hydrogen) atoms. The maximum absolute atomic E-state index is 11.8. The maximum Gasteiger partial charge on any atom is 0.227 e. The van der Waals surface area contributed by atoms with E-state index in [-0.39, 0.29) is 30.7 Å². The Morgan fingerprint density at radius 2 is 2.32 bits per heavy atom. The number of aromatic nitrogens is 1. The molecule has 1 aromatic heterocycles. The van der Waals surface area contributed by atoms with E-state index in [0.29, 0.717) is 18.3 Å². The fraction of sp³-hybridized carbons (Fsp3) is 0.500. The van der Waals surface area contributed by atoms with Crippen LogP contribution in [0.1, 0.15) is 12.0 Å². The zero-order chi connectivity index (χ0) is 12.1. The van der Waals surface area contributed by atoms with Gasteiger partial charge in [0.2, 0.25) is 5.91 Å². The summed E-state index contributed by atoms with van der Waals surface area (Å²) in [6, 6.07) is 4.06. The van der Waals surface area contributed by atoms with Gasteiger partial charge in [-0.15, -0.1) is 24.8 Å². The fourth-order valence-electron chi connectivity index (χ4n) is 1.71. The van der Waals surface area contributed by atoms with Gasteiger partial charge < -0.3 is 10.6 Å². The van der Waals surface area contributed by atoms with Crippen molar-refractivity contribution in [2.45, 2.75) is 19.4 Å². The largest absolute Gasteiger partial charge is 0.312 e. The van der Waals surface area contributed by atoms with Gasteiger partial charge in [0.25, 0.3) is 0 Å². The monoisotopic (exact) mass is 323 g/mol. The number of rotatable bonds is 3. The first-order valence-corrected chi connectivity index (χ1v) is 6.93. The predicted molar refractivity (Wildman–Crippen MR) is 85.8 cm³/mol. The second-order valence-electron chi connectivity index (χ2n) is 4.20. The molecule has 1 aromatic rings. The fourth-order valence-corrected chi connectivity index (χ4v) is 2.66. The molecular weight excluding hydrogens is 305 g/mol. The summed E-state index contributed by atoms with van der Waals surface area (Å²) >= 11 is 1.90. The molecule has 1 saturated heterocycles. The molecule has 2 rings (SSSR count). The number of carbonyl (C=O) groups is 1. The summed E-state index contributed by atoms with van der Waals surface area (Å²) in [5, 5.41) is 6.16. The number of amides is 1. The molecule has 1 aliphatic heterocycles. The van der Waals surface area contributed by atoms with Crippen molar-refractivity contribution in [3.05, 3.63) is 23.9 Å². The molecule has 0 bridgehead atoms. The average Bonchev–Trinajstić information content (AvgIpc) is 2.33. The molecule has 7 heteroatoms. The standard InChI is InChI=1S/C12H17N3OS.2ClH/c1-9-2-3-11(14-7-9)15-12(16)6-10-8-17-5-4-13-10;;/h2-3,7,10,13H,4-6,8H2,1H3,(H,14,15,16);2*1H. The molecule has 108 valence electrons. The third-order valence-corrected chi connectivity index (χ3v) is 3.74. The first-order chi connectivity index (χ1) is 8.24. The van der Waals surface area contributed by atoms with Gasteiger partial charge >= 0.3 is 0 Å². The highest BCUT2D eigenvalue weighted by atomic mass is 35.5. The molecule has 4 nitrogen and oxygen atoms in total. The Labute approximate surface area is 130 Å². The summed E-state index contributed by atoms with van der Waals surface area (Å²) < 4.78 is 0. The number of nitrogens with zero attached hydrogens (tertiary/aromatic N) is 1. The number of hydrogen-bond donors (Lipinski definition) is 2. The van der Waals surface area contributed by atoms with Gasteiger partial charge in [0.15, 0.2) is 0 Å². The predicted octanol–water partition coefficient (Wildman–Crippen LogP) is 2.27. The Bertz CT molecular complexity index is 383. The molecule has 1 atom stereocenters. The average molecular weight is 324 g/mol. The Kier molecular flexibility index (Phi) is 9.18. The molecule has 0 spiro atoms. The Morgan fingerprint density at radius 3 is 2.89 bits per heavy atom. The van der Waals surface area contributed by atoms with Crippen LogP contribution in [-0.2, 0) is 4.79 Å². The van der Waals surface area contributed by atoms with E-state index in [2.05, 4.69) is 15.6 Å². The summed E-state index contributed by atoms with van der Waals surface area (Å²) in [4.78, 5) is 15.9. The zero-order valence-corrected chi connectivity index (χ0v) is 13.2. The lowest BCUT2D eigenvalue weighted by molar-refractivity contribution is -0.116. The van der Waals surface area contributed by atoms with Gasteiger partial charge in [-0.1, -0.05) is 6.07 Å². The van der Waals surface area contributed by atoms with Crippen LogP contribution in [0.4, 0.5) is 5.82 Å². The van der Waals surface area contributed by atoms with Crippen LogP contribution in [0.3, 0.4) is 0 Å². The van der Waals surface area contributed by atoms with Gasteiger partial charge in [-0.05, 0) is 18.6 Å². The van der Waals surface area contributed by atoms with E-state index in [0.717, 1.165) is 23.6 Å². The number of hydrogen-bond acceptors (Lipinski definition) is 4. The van der Waals surface area contributed by atoms with Crippen LogP contribution in [0.15, 0.2) is 18.3 Å². The van der Waals surface area contributed by atoms with E-state index in [4.69, 9.17) is 0 Å². The Hall–Kier alpha value is -0.490. The third kappa shape index (κ3) is 6.47. The van der Waals surface area contributed by atoms with Crippen molar-refractivity contribution in [1.29, 1.82) is 0 Å². The molecule has 1 fully saturated rings. The minimum atomic E-state index is 0. The van der Waals surface area contributed by atoms with Gasteiger partial charge in [0, 0.05) is 36.7 Å². The van der Waals surface area contributed by atoms with Gasteiger partial charge in [-0.2, -0.15) is 11.8 Å². The number of nitrogens with one attached hydrogen (secondary N) is 2. The lowest BCUT2D eigenvalue weighted by Crippen LogP contribution is -2.39. The van der Waals surface area contributed by atoms with Gasteiger partial charge in [0.05, 0.1) is 0 Å². The summed E-state index contributed by atoms with van der Waals surface area (Å²) in [5.41, 5.74) is 1.09.